The quantitative estimate of drug-likeness (QED) is 0.258. The van der Waals surface area contributed by atoms with E-state index < -0.39 is 0 Å². The number of hydrogen-bond acceptors (Lipinski definition) is 4. The highest BCUT2D eigenvalue weighted by Crippen LogP contribution is 2.39. The molecule has 172 valence electrons. The molecule has 5 heteroatoms. The molecule has 0 bridgehead atoms. The van der Waals surface area contributed by atoms with Crippen LogP contribution >= 0.6 is 11.9 Å². The van der Waals surface area contributed by atoms with Gasteiger partial charge < -0.3 is 14.8 Å². The molecule has 1 aliphatic rings. The number of hydrogen-bond donors (Lipinski definition) is 3. The summed E-state index contributed by atoms with van der Waals surface area (Å²) in [5.41, 5.74) is 6.16. The van der Waals surface area contributed by atoms with E-state index in [4.69, 9.17) is 15.0 Å². The number of fused-ring (bicyclic) bond motifs is 3. The molecular weight excluding hydrogens is 440 g/mol. The van der Waals surface area contributed by atoms with E-state index in [1.807, 2.05) is 18.3 Å². The first-order chi connectivity index (χ1) is 16.8. The molecule has 0 unspecified atom stereocenters. The molecule has 0 spiro atoms. The Labute approximate surface area is 203 Å². The van der Waals surface area contributed by atoms with Gasteiger partial charge in [-0.3, -0.25) is 5.14 Å². The first-order valence-corrected chi connectivity index (χ1v) is 12.5. The van der Waals surface area contributed by atoms with Crippen molar-refractivity contribution in [3.8, 4) is 16.9 Å². The molecule has 5 aromatic rings. The third-order valence-electron chi connectivity index (χ3n) is 6.24. The normalized spacial score (nSPS) is 12.3. The average molecular weight is 469 g/mol. The van der Waals surface area contributed by atoms with Gasteiger partial charge in [0.15, 0.2) is 0 Å². The predicted octanol–water partition coefficient (Wildman–Crippen LogP) is 6.50. The van der Waals surface area contributed by atoms with Gasteiger partial charge in [0.05, 0.1) is 11.5 Å². The number of ether oxygens (including phenoxy) is 1. The largest absolute Gasteiger partial charge is 0.492 e. The van der Waals surface area contributed by atoms with Crippen LogP contribution in [0.2, 0.25) is 0 Å². The van der Waals surface area contributed by atoms with E-state index >= 15 is 0 Å². The van der Waals surface area contributed by atoms with Crippen LogP contribution in [0.3, 0.4) is 0 Å². The zero-order valence-corrected chi connectivity index (χ0v) is 19.8. The number of nitrogens with one attached hydrogen (secondary N) is 1. The van der Waals surface area contributed by atoms with Gasteiger partial charge in [-0.1, -0.05) is 54.6 Å². The fourth-order valence-electron chi connectivity index (χ4n) is 4.50. The maximum absolute atomic E-state index is 8.73. The van der Waals surface area contributed by atoms with Gasteiger partial charge in [-0.2, -0.15) is 0 Å². The van der Waals surface area contributed by atoms with E-state index in [1.54, 1.807) is 0 Å². The first-order valence-electron chi connectivity index (χ1n) is 11.6. The number of aromatic nitrogens is 1. The number of aliphatic hydroxyl groups is 1. The van der Waals surface area contributed by atoms with Gasteiger partial charge in [0.1, 0.15) is 5.75 Å². The highest BCUT2D eigenvalue weighted by Gasteiger charge is 2.18. The monoisotopic (exact) mass is 468 g/mol. The van der Waals surface area contributed by atoms with Crippen LogP contribution in [-0.4, -0.2) is 23.3 Å². The number of aromatic amines is 1. The molecule has 34 heavy (non-hydrogen) atoms. The molecule has 1 aromatic heterocycles. The van der Waals surface area contributed by atoms with Crippen molar-refractivity contribution in [3.63, 3.8) is 0 Å². The number of benzene rings is 4. The van der Waals surface area contributed by atoms with Gasteiger partial charge in [0, 0.05) is 30.1 Å². The van der Waals surface area contributed by atoms with E-state index in [2.05, 4.69) is 71.7 Å². The van der Waals surface area contributed by atoms with Crippen LogP contribution in [0.4, 0.5) is 0 Å². The first kappa shape index (κ1) is 22.5. The minimum atomic E-state index is 0.263. The van der Waals surface area contributed by atoms with Gasteiger partial charge in [0.25, 0.3) is 0 Å². The Bertz CT molecular complexity index is 1430. The van der Waals surface area contributed by atoms with Crippen LogP contribution < -0.4 is 9.88 Å². The topological polar surface area (TPSA) is 71.3 Å². The Morgan fingerprint density at radius 1 is 0.912 bits per heavy atom. The lowest BCUT2D eigenvalue weighted by molar-refractivity contribution is 0.289. The van der Waals surface area contributed by atoms with E-state index in [0.717, 1.165) is 36.5 Å². The number of H-pyrrole nitrogens is 1. The van der Waals surface area contributed by atoms with E-state index in [1.165, 1.54) is 55.9 Å². The fraction of sp³-hybridized carbons (Fsp3) is 0.172. The molecule has 6 rings (SSSR count). The second-order valence-corrected chi connectivity index (χ2v) is 9.10. The molecule has 0 atom stereocenters. The lowest BCUT2D eigenvalue weighted by Gasteiger charge is -2.10. The van der Waals surface area contributed by atoms with Gasteiger partial charge >= 0.3 is 0 Å². The molecule has 0 fully saturated rings. The van der Waals surface area contributed by atoms with E-state index in [-0.39, 0.29) is 6.61 Å². The second-order valence-electron chi connectivity index (χ2n) is 8.43. The highest BCUT2D eigenvalue weighted by atomic mass is 32.2. The lowest BCUT2D eigenvalue weighted by Crippen LogP contribution is -1.90. The van der Waals surface area contributed by atoms with Crippen molar-refractivity contribution in [2.24, 2.45) is 5.14 Å². The van der Waals surface area contributed by atoms with Crippen LogP contribution in [-0.2, 0) is 12.8 Å². The Morgan fingerprint density at radius 3 is 2.59 bits per heavy atom. The fourth-order valence-corrected chi connectivity index (χ4v) is 5.00. The third kappa shape index (κ3) is 4.68. The zero-order chi connectivity index (χ0) is 23.3. The molecule has 2 heterocycles. The van der Waals surface area contributed by atoms with E-state index in [9.17, 15) is 0 Å². The summed E-state index contributed by atoms with van der Waals surface area (Å²) >= 11 is 1.26. The summed E-state index contributed by atoms with van der Waals surface area (Å²) in [5.74, 6) is 0.965. The molecule has 4 nitrogen and oxygen atoms in total. The number of rotatable bonds is 5. The molecule has 0 saturated heterocycles. The smallest absolute Gasteiger partial charge is 0.137 e. The van der Waals surface area contributed by atoms with Crippen molar-refractivity contribution < 1.29 is 9.84 Å². The van der Waals surface area contributed by atoms with Gasteiger partial charge in [-0.25, -0.2) is 0 Å². The Morgan fingerprint density at radius 2 is 1.74 bits per heavy atom. The number of aliphatic hydroxyl groups excluding tert-OH is 1. The van der Waals surface area contributed by atoms with Gasteiger partial charge in [-0.05, 0) is 82.1 Å². The second kappa shape index (κ2) is 10.3. The van der Waals surface area contributed by atoms with Crippen LogP contribution in [0.15, 0.2) is 90.0 Å². The molecule has 0 radical (unpaired) electrons. The summed E-state index contributed by atoms with van der Waals surface area (Å²) < 4.78 is 5.68. The van der Waals surface area contributed by atoms with Crippen LogP contribution in [0, 0.1) is 0 Å². The Kier molecular flexibility index (Phi) is 6.86. The maximum Gasteiger partial charge on any atom is 0.137 e. The van der Waals surface area contributed by atoms with Crippen molar-refractivity contribution in [1.29, 1.82) is 0 Å². The van der Waals surface area contributed by atoms with Crippen molar-refractivity contribution in [2.75, 3.05) is 13.2 Å². The molecule has 1 aliphatic heterocycles. The van der Waals surface area contributed by atoms with Crippen LogP contribution in [0.25, 0.3) is 32.8 Å². The molecule has 4 aromatic carbocycles. The highest BCUT2D eigenvalue weighted by molar-refractivity contribution is 7.97. The molecular formula is C29H28N2O2S. The van der Waals surface area contributed by atoms with Gasteiger partial charge in [0.2, 0.25) is 0 Å². The summed E-state index contributed by atoms with van der Waals surface area (Å²) in [6, 6.07) is 27.6. The molecule has 0 saturated carbocycles. The van der Waals surface area contributed by atoms with E-state index in [0.29, 0.717) is 0 Å². The number of para-hydroxylation sites is 1. The molecule has 4 N–H and O–H groups in total. The summed E-state index contributed by atoms with van der Waals surface area (Å²) in [7, 11) is 0. The third-order valence-corrected chi connectivity index (χ3v) is 6.80. The summed E-state index contributed by atoms with van der Waals surface area (Å²) in [6.07, 6.45) is 4.77. The standard InChI is InChI=1S/C18H15NOS.C11H13NO/c19-21-17-11-16(10-15-7-8-20-18(15)17)14-6-5-12-3-1-2-4-13(12)9-14;13-7-3-4-9-8-12-11-6-2-1-5-10(9)11/h1-6,9-11H,7-8,19H2;1-2,5-6,8,12-13H,3-4,7H2. The van der Waals surface area contributed by atoms with Crippen molar-refractivity contribution >= 4 is 33.6 Å². The predicted molar refractivity (Wildman–Crippen MR) is 142 cm³/mol. The average Bonchev–Trinajstić information content (AvgIpc) is 3.54. The summed E-state index contributed by atoms with van der Waals surface area (Å²) in [4.78, 5) is 4.24. The minimum absolute atomic E-state index is 0.263. The van der Waals surface area contributed by atoms with Gasteiger partial charge in [-0.15, -0.1) is 0 Å². The zero-order valence-electron chi connectivity index (χ0n) is 19.0. The van der Waals surface area contributed by atoms with Crippen molar-refractivity contribution in [3.05, 3.63) is 96.2 Å². The summed E-state index contributed by atoms with van der Waals surface area (Å²) in [6.45, 7) is 1.02. The minimum Gasteiger partial charge on any atom is -0.492 e. The van der Waals surface area contributed by atoms with Crippen molar-refractivity contribution in [1.82, 2.24) is 4.98 Å². The molecule has 0 aliphatic carbocycles. The maximum atomic E-state index is 8.73. The van der Waals surface area contributed by atoms with Crippen LogP contribution in [0.1, 0.15) is 17.5 Å². The number of nitrogens with two attached hydrogens (primary N) is 1. The summed E-state index contributed by atoms with van der Waals surface area (Å²) in [5, 5.41) is 18.3. The molecule has 0 amide bonds. The Hall–Kier alpha value is -3.25. The lowest BCUT2D eigenvalue weighted by atomic mass is 9.99. The van der Waals surface area contributed by atoms with Crippen molar-refractivity contribution in [2.45, 2.75) is 24.2 Å². The SMILES string of the molecule is NSc1cc(-c2ccc3ccccc3c2)cc2c1OCC2.OCCCc1c[nH]c2ccccc12. The number of aryl methyl sites for hydroxylation is 1. The van der Waals surface area contributed by atoms with Crippen LogP contribution in [0.5, 0.6) is 5.75 Å². The Balaban J connectivity index is 0.000000159.